The van der Waals surface area contributed by atoms with Gasteiger partial charge in [0, 0.05) is 41.5 Å². The van der Waals surface area contributed by atoms with Crippen LogP contribution >= 0.6 is 11.6 Å². The molecule has 0 unspecified atom stereocenters. The summed E-state index contributed by atoms with van der Waals surface area (Å²) < 4.78 is 14.0. The van der Waals surface area contributed by atoms with Gasteiger partial charge in [0.25, 0.3) is 0 Å². The first-order chi connectivity index (χ1) is 12.2. The number of fused-ring (bicyclic) bond motifs is 1. The van der Waals surface area contributed by atoms with E-state index < -0.39 is 5.95 Å². The van der Waals surface area contributed by atoms with Gasteiger partial charge in [-0.2, -0.15) is 4.39 Å². The molecule has 0 aromatic carbocycles. The van der Waals surface area contributed by atoms with E-state index in [9.17, 15) is 4.39 Å². The highest BCUT2D eigenvalue weighted by Gasteiger charge is 2.14. The predicted molar refractivity (Wildman–Crippen MR) is 98.0 cm³/mol. The zero-order chi connectivity index (χ0) is 17.2. The van der Waals surface area contributed by atoms with Gasteiger partial charge in [0.05, 0.1) is 10.7 Å². The van der Waals surface area contributed by atoms with Crippen LogP contribution in [0.2, 0.25) is 5.02 Å². The molecule has 0 saturated heterocycles. The number of nitrogens with one attached hydrogen (secondary N) is 2. The molecule has 0 aliphatic heterocycles. The Kier molecular flexibility index (Phi) is 4.68. The van der Waals surface area contributed by atoms with Gasteiger partial charge in [-0.25, -0.2) is 9.97 Å². The summed E-state index contributed by atoms with van der Waals surface area (Å²) in [6.45, 7) is 0.578. The quantitative estimate of drug-likeness (QED) is 0.656. The second-order valence-electron chi connectivity index (χ2n) is 6.62. The van der Waals surface area contributed by atoms with Crippen molar-refractivity contribution < 1.29 is 4.39 Å². The lowest BCUT2D eigenvalue weighted by Gasteiger charge is -2.22. The van der Waals surface area contributed by atoms with Crippen molar-refractivity contribution in [2.75, 3.05) is 0 Å². The Morgan fingerprint density at radius 1 is 1.20 bits per heavy atom. The van der Waals surface area contributed by atoms with Gasteiger partial charge in [-0.1, -0.05) is 30.9 Å². The highest BCUT2D eigenvalue weighted by Crippen LogP contribution is 2.28. The lowest BCUT2D eigenvalue weighted by Crippen LogP contribution is -2.30. The SMILES string of the molecule is Fc1cc(-c2cc3c(Cl)ccnc3[nH]2)cc(CNC2CCCCC2)n1. The molecule has 25 heavy (non-hydrogen) atoms. The molecule has 1 saturated carbocycles. The van der Waals surface area contributed by atoms with E-state index in [1.54, 1.807) is 12.3 Å². The third kappa shape index (κ3) is 3.67. The molecule has 2 N–H and O–H groups in total. The summed E-state index contributed by atoms with van der Waals surface area (Å²) in [5, 5.41) is 4.96. The number of hydrogen-bond donors (Lipinski definition) is 2. The van der Waals surface area contributed by atoms with Crippen LogP contribution in [-0.2, 0) is 6.54 Å². The van der Waals surface area contributed by atoms with Crippen molar-refractivity contribution in [1.29, 1.82) is 0 Å². The van der Waals surface area contributed by atoms with E-state index in [1.807, 2.05) is 12.1 Å². The molecule has 0 bridgehead atoms. The Bertz CT molecular complexity index is 886. The van der Waals surface area contributed by atoms with Gasteiger partial charge in [0.15, 0.2) is 0 Å². The largest absolute Gasteiger partial charge is 0.339 e. The minimum absolute atomic E-state index is 0.476. The predicted octanol–water partition coefficient (Wildman–Crippen LogP) is 4.84. The fraction of sp³-hybridized carbons (Fsp3) is 0.368. The lowest BCUT2D eigenvalue weighted by atomic mass is 9.95. The summed E-state index contributed by atoms with van der Waals surface area (Å²) >= 11 is 6.20. The number of aromatic nitrogens is 3. The summed E-state index contributed by atoms with van der Waals surface area (Å²) in [4.78, 5) is 11.5. The minimum Gasteiger partial charge on any atom is -0.339 e. The monoisotopic (exact) mass is 358 g/mol. The van der Waals surface area contributed by atoms with E-state index in [4.69, 9.17) is 11.6 Å². The van der Waals surface area contributed by atoms with Gasteiger partial charge < -0.3 is 10.3 Å². The zero-order valence-corrected chi connectivity index (χ0v) is 14.6. The summed E-state index contributed by atoms with van der Waals surface area (Å²) in [6.07, 6.45) is 7.88. The molecule has 0 amide bonds. The molecule has 0 spiro atoms. The van der Waals surface area contributed by atoms with E-state index in [1.165, 1.54) is 38.2 Å². The standard InChI is InChI=1S/C19H20ClFN4/c20-16-6-7-22-19-15(16)10-17(25-19)12-8-14(24-18(21)9-12)11-23-13-4-2-1-3-5-13/h6-10,13,23H,1-5,11H2,(H,22,25). The molecule has 3 heterocycles. The molecule has 3 aromatic heterocycles. The minimum atomic E-state index is -0.476. The number of H-pyrrole nitrogens is 1. The molecule has 1 fully saturated rings. The molecule has 3 aromatic rings. The summed E-state index contributed by atoms with van der Waals surface area (Å²) in [6, 6.07) is 7.50. The van der Waals surface area contributed by atoms with Crippen LogP contribution in [0.1, 0.15) is 37.8 Å². The highest BCUT2D eigenvalue weighted by atomic mass is 35.5. The van der Waals surface area contributed by atoms with Crippen LogP contribution in [0.3, 0.4) is 0 Å². The Morgan fingerprint density at radius 2 is 2.04 bits per heavy atom. The van der Waals surface area contributed by atoms with Crippen LogP contribution < -0.4 is 5.32 Å². The maximum absolute atomic E-state index is 14.0. The molecule has 4 nitrogen and oxygen atoms in total. The van der Waals surface area contributed by atoms with Gasteiger partial charge in [0.2, 0.25) is 5.95 Å². The first kappa shape index (κ1) is 16.5. The van der Waals surface area contributed by atoms with Crippen molar-refractivity contribution in [2.45, 2.75) is 44.7 Å². The van der Waals surface area contributed by atoms with E-state index in [-0.39, 0.29) is 0 Å². The summed E-state index contributed by atoms with van der Waals surface area (Å²) in [7, 11) is 0. The van der Waals surface area contributed by atoms with E-state index >= 15 is 0 Å². The number of aromatic amines is 1. The molecule has 1 aliphatic rings. The maximum atomic E-state index is 14.0. The van der Waals surface area contributed by atoms with Crippen LogP contribution in [0.4, 0.5) is 4.39 Å². The van der Waals surface area contributed by atoms with Crippen molar-refractivity contribution in [3.05, 3.63) is 47.1 Å². The summed E-state index contributed by atoms with van der Waals surface area (Å²) in [5.41, 5.74) is 2.94. The first-order valence-corrected chi connectivity index (χ1v) is 9.10. The van der Waals surface area contributed by atoms with Crippen LogP contribution in [0.15, 0.2) is 30.5 Å². The molecule has 0 radical (unpaired) electrons. The van der Waals surface area contributed by atoms with Crippen molar-refractivity contribution in [3.63, 3.8) is 0 Å². The van der Waals surface area contributed by atoms with E-state index in [0.717, 1.165) is 16.6 Å². The van der Waals surface area contributed by atoms with Gasteiger partial charge in [-0.3, -0.25) is 0 Å². The molecule has 0 atom stereocenters. The maximum Gasteiger partial charge on any atom is 0.213 e. The molecular weight excluding hydrogens is 339 g/mol. The smallest absolute Gasteiger partial charge is 0.213 e. The number of pyridine rings is 2. The Morgan fingerprint density at radius 3 is 2.84 bits per heavy atom. The fourth-order valence-electron chi connectivity index (χ4n) is 3.50. The Hall–Kier alpha value is -1.98. The third-order valence-electron chi connectivity index (χ3n) is 4.81. The van der Waals surface area contributed by atoms with Gasteiger partial charge in [-0.15, -0.1) is 0 Å². The van der Waals surface area contributed by atoms with E-state index in [2.05, 4.69) is 20.3 Å². The average Bonchev–Trinajstić information content (AvgIpc) is 3.06. The molecule has 1 aliphatic carbocycles. The van der Waals surface area contributed by atoms with Crippen LogP contribution in [0.25, 0.3) is 22.3 Å². The Balaban J connectivity index is 1.58. The number of hydrogen-bond acceptors (Lipinski definition) is 3. The van der Waals surface area contributed by atoms with Crippen molar-refractivity contribution in [1.82, 2.24) is 20.3 Å². The Labute approximate surface area is 150 Å². The van der Waals surface area contributed by atoms with Crippen LogP contribution in [0, 0.1) is 5.95 Å². The van der Waals surface area contributed by atoms with Gasteiger partial charge >= 0.3 is 0 Å². The second kappa shape index (κ2) is 7.10. The number of rotatable bonds is 4. The molecular formula is C19H20ClFN4. The van der Waals surface area contributed by atoms with Gasteiger partial charge in [0.1, 0.15) is 5.65 Å². The number of nitrogens with zero attached hydrogens (tertiary/aromatic N) is 2. The summed E-state index contributed by atoms with van der Waals surface area (Å²) in [5.74, 6) is -0.476. The molecule has 4 rings (SSSR count). The van der Waals surface area contributed by atoms with Crippen molar-refractivity contribution in [2.24, 2.45) is 0 Å². The van der Waals surface area contributed by atoms with Crippen molar-refractivity contribution >= 4 is 22.6 Å². The zero-order valence-electron chi connectivity index (χ0n) is 13.9. The third-order valence-corrected chi connectivity index (χ3v) is 5.14. The van der Waals surface area contributed by atoms with Crippen molar-refractivity contribution in [3.8, 4) is 11.3 Å². The second-order valence-corrected chi connectivity index (χ2v) is 7.03. The number of halogens is 2. The average molecular weight is 359 g/mol. The van der Waals surface area contributed by atoms with Crippen LogP contribution in [0.5, 0.6) is 0 Å². The fourth-order valence-corrected chi connectivity index (χ4v) is 3.70. The molecule has 130 valence electrons. The normalized spacial score (nSPS) is 15.8. The van der Waals surface area contributed by atoms with Crippen LogP contribution in [-0.4, -0.2) is 21.0 Å². The topological polar surface area (TPSA) is 53.6 Å². The van der Waals surface area contributed by atoms with Gasteiger partial charge in [-0.05, 0) is 31.0 Å². The highest BCUT2D eigenvalue weighted by molar-refractivity contribution is 6.35. The lowest BCUT2D eigenvalue weighted by molar-refractivity contribution is 0.370. The van der Waals surface area contributed by atoms with E-state index in [0.29, 0.717) is 29.0 Å². The first-order valence-electron chi connectivity index (χ1n) is 8.72. The molecule has 6 heteroatoms.